The fourth-order valence-corrected chi connectivity index (χ4v) is 1.94. The fourth-order valence-electron chi connectivity index (χ4n) is 1.82. The molecule has 0 aromatic heterocycles. The zero-order valence-corrected chi connectivity index (χ0v) is 10.7. The van der Waals surface area contributed by atoms with Crippen LogP contribution in [0.3, 0.4) is 0 Å². The Morgan fingerprint density at radius 3 is 2.28 bits per heavy atom. The highest BCUT2D eigenvalue weighted by Crippen LogP contribution is 2.25. The molecule has 0 N–H and O–H groups in total. The second kappa shape index (κ2) is 4.98. The molecule has 0 atom stereocenters. The molecule has 1 saturated heterocycles. The number of carbonyl (C=O) groups excluding carboxylic acids is 2. The summed E-state index contributed by atoms with van der Waals surface area (Å²) < 4.78 is 10.2. The van der Waals surface area contributed by atoms with Crippen LogP contribution in [0.5, 0.6) is 0 Å². The van der Waals surface area contributed by atoms with Crippen LogP contribution in [-0.4, -0.2) is 17.7 Å². The topological polar surface area (TPSA) is 52.6 Å². The van der Waals surface area contributed by atoms with Gasteiger partial charge in [-0.05, 0) is 24.1 Å². The monoisotopic (exact) mass is 268 g/mol. The maximum Gasteiger partial charge on any atom is 0.320 e. The van der Waals surface area contributed by atoms with E-state index in [4.69, 9.17) is 21.1 Å². The third-order valence-electron chi connectivity index (χ3n) is 2.73. The molecule has 96 valence electrons. The molecule has 0 amide bonds. The van der Waals surface area contributed by atoms with Crippen LogP contribution in [0, 0.1) is 0 Å². The smallest absolute Gasteiger partial charge is 0.320 e. The number of benzene rings is 1. The Kier molecular flexibility index (Phi) is 3.57. The first-order chi connectivity index (χ1) is 8.47. The van der Waals surface area contributed by atoms with Gasteiger partial charge in [0, 0.05) is 18.4 Å². The van der Waals surface area contributed by atoms with Crippen LogP contribution in [0.4, 0.5) is 0 Å². The van der Waals surface area contributed by atoms with E-state index in [0.717, 1.165) is 5.56 Å². The van der Waals surface area contributed by atoms with Crippen molar-refractivity contribution in [1.29, 1.82) is 0 Å². The highest BCUT2D eigenvalue weighted by Gasteiger charge is 2.38. The maximum absolute atomic E-state index is 11.2. The van der Waals surface area contributed by atoms with Gasteiger partial charge in [-0.15, -0.1) is 0 Å². The average molecular weight is 269 g/mol. The van der Waals surface area contributed by atoms with Gasteiger partial charge in [0.25, 0.3) is 5.79 Å². The predicted octanol–water partition coefficient (Wildman–Crippen LogP) is 2.48. The summed E-state index contributed by atoms with van der Waals surface area (Å²) in [5, 5.41) is 0.667. The summed E-state index contributed by atoms with van der Waals surface area (Å²) in [6.45, 7) is 1.60. The molecule has 0 saturated carbocycles. The van der Waals surface area contributed by atoms with Crippen molar-refractivity contribution in [2.75, 3.05) is 0 Å². The van der Waals surface area contributed by atoms with Gasteiger partial charge in [0.15, 0.2) is 0 Å². The molecule has 4 nitrogen and oxygen atoms in total. The van der Waals surface area contributed by atoms with Gasteiger partial charge in [-0.3, -0.25) is 9.59 Å². The second-order valence-electron chi connectivity index (χ2n) is 4.39. The highest BCUT2D eigenvalue weighted by molar-refractivity contribution is 6.30. The van der Waals surface area contributed by atoms with Gasteiger partial charge in [-0.25, -0.2) is 0 Å². The Morgan fingerprint density at radius 2 is 1.72 bits per heavy atom. The standard InChI is InChI=1S/C13H13ClO4/c1-13(17-11(15)8-12(16)18-13)7-6-9-2-4-10(14)5-3-9/h2-5H,6-8H2,1H3. The average Bonchev–Trinajstić information content (AvgIpc) is 2.26. The number of halogens is 1. The summed E-state index contributed by atoms with van der Waals surface area (Å²) >= 11 is 5.79. The lowest BCUT2D eigenvalue weighted by atomic mass is 10.0. The Hall–Kier alpha value is -1.55. The van der Waals surface area contributed by atoms with Gasteiger partial charge in [0.05, 0.1) is 0 Å². The number of hydrogen-bond donors (Lipinski definition) is 0. The summed E-state index contributed by atoms with van der Waals surface area (Å²) in [6, 6.07) is 7.35. The van der Waals surface area contributed by atoms with Gasteiger partial charge >= 0.3 is 11.9 Å². The van der Waals surface area contributed by atoms with Crippen molar-refractivity contribution in [3.05, 3.63) is 34.9 Å². The first kappa shape index (κ1) is 12.9. The molecular weight excluding hydrogens is 256 g/mol. The Balaban J connectivity index is 1.98. The molecule has 0 spiro atoms. The fraction of sp³-hybridized carbons (Fsp3) is 0.385. The second-order valence-corrected chi connectivity index (χ2v) is 4.82. The SMILES string of the molecule is CC1(CCc2ccc(Cl)cc2)OC(=O)CC(=O)O1. The number of hydrogen-bond acceptors (Lipinski definition) is 4. The molecule has 0 radical (unpaired) electrons. The lowest BCUT2D eigenvalue weighted by Gasteiger charge is -2.32. The minimum Gasteiger partial charge on any atom is -0.422 e. The number of rotatable bonds is 3. The molecule has 1 heterocycles. The van der Waals surface area contributed by atoms with Crippen LogP contribution in [0.1, 0.15) is 25.3 Å². The number of esters is 2. The summed E-state index contributed by atoms with van der Waals surface area (Å²) in [6.07, 6.45) is 0.747. The van der Waals surface area contributed by atoms with Crippen molar-refractivity contribution in [3.63, 3.8) is 0 Å². The van der Waals surface area contributed by atoms with Crippen LogP contribution >= 0.6 is 11.6 Å². The van der Waals surface area contributed by atoms with Crippen LogP contribution in [0.2, 0.25) is 5.02 Å². The molecule has 0 unspecified atom stereocenters. The van der Waals surface area contributed by atoms with E-state index in [0.29, 0.717) is 17.9 Å². The van der Waals surface area contributed by atoms with E-state index in [1.54, 1.807) is 19.1 Å². The van der Waals surface area contributed by atoms with E-state index in [2.05, 4.69) is 0 Å². The molecule has 5 heteroatoms. The molecule has 18 heavy (non-hydrogen) atoms. The minimum absolute atomic E-state index is 0.309. The van der Waals surface area contributed by atoms with Crippen LogP contribution in [0.15, 0.2) is 24.3 Å². The summed E-state index contributed by atoms with van der Waals surface area (Å²) in [5.74, 6) is -2.24. The quantitative estimate of drug-likeness (QED) is 0.624. The molecule has 0 aliphatic carbocycles. The molecule has 1 aromatic carbocycles. The molecule has 2 rings (SSSR count). The highest BCUT2D eigenvalue weighted by atomic mass is 35.5. The van der Waals surface area contributed by atoms with Gasteiger partial charge in [0.1, 0.15) is 6.42 Å². The molecular formula is C13H13ClO4. The normalized spacial score (nSPS) is 18.1. The Morgan fingerprint density at radius 1 is 1.17 bits per heavy atom. The van der Waals surface area contributed by atoms with Crippen molar-refractivity contribution in [3.8, 4) is 0 Å². The number of ether oxygens (including phenoxy) is 2. The van der Waals surface area contributed by atoms with E-state index in [1.165, 1.54) is 0 Å². The molecule has 1 fully saturated rings. The van der Waals surface area contributed by atoms with Crippen molar-refractivity contribution in [2.24, 2.45) is 0 Å². The molecule has 0 bridgehead atoms. The Labute approximate surface area is 110 Å². The lowest BCUT2D eigenvalue weighted by Crippen LogP contribution is -2.43. The third kappa shape index (κ3) is 3.23. The maximum atomic E-state index is 11.2. The first-order valence-corrected chi connectivity index (χ1v) is 6.03. The largest absolute Gasteiger partial charge is 0.422 e. The molecule has 1 aliphatic rings. The van der Waals surface area contributed by atoms with E-state index >= 15 is 0 Å². The van der Waals surface area contributed by atoms with Crippen molar-refractivity contribution < 1.29 is 19.1 Å². The Bertz CT molecular complexity index is 450. The van der Waals surface area contributed by atoms with Gasteiger partial charge in [-0.2, -0.15) is 0 Å². The summed E-state index contributed by atoms with van der Waals surface area (Å²) in [5.41, 5.74) is 1.04. The van der Waals surface area contributed by atoms with E-state index in [1.807, 2.05) is 12.1 Å². The van der Waals surface area contributed by atoms with Gasteiger partial charge in [-0.1, -0.05) is 23.7 Å². The van der Waals surface area contributed by atoms with Gasteiger partial charge in [0.2, 0.25) is 0 Å². The van der Waals surface area contributed by atoms with Crippen LogP contribution in [0.25, 0.3) is 0 Å². The summed E-state index contributed by atoms with van der Waals surface area (Å²) in [4.78, 5) is 22.4. The van der Waals surface area contributed by atoms with E-state index in [9.17, 15) is 9.59 Å². The zero-order chi connectivity index (χ0) is 13.2. The van der Waals surface area contributed by atoms with Crippen LogP contribution < -0.4 is 0 Å². The molecule has 1 aliphatic heterocycles. The molecule has 1 aromatic rings. The number of aryl methyl sites for hydroxylation is 1. The van der Waals surface area contributed by atoms with Gasteiger partial charge < -0.3 is 9.47 Å². The predicted molar refractivity (Wildman–Crippen MR) is 65.0 cm³/mol. The zero-order valence-electron chi connectivity index (χ0n) is 9.94. The first-order valence-electron chi connectivity index (χ1n) is 5.65. The minimum atomic E-state index is -1.16. The van der Waals surface area contributed by atoms with Crippen LogP contribution in [-0.2, 0) is 25.5 Å². The van der Waals surface area contributed by atoms with E-state index in [-0.39, 0.29) is 6.42 Å². The number of carbonyl (C=O) groups is 2. The van der Waals surface area contributed by atoms with E-state index < -0.39 is 17.7 Å². The summed E-state index contributed by atoms with van der Waals surface area (Å²) in [7, 11) is 0. The van der Waals surface area contributed by atoms with Crippen molar-refractivity contribution in [2.45, 2.75) is 32.0 Å². The lowest BCUT2D eigenvalue weighted by molar-refractivity contribution is -0.239. The third-order valence-corrected chi connectivity index (χ3v) is 2.98. The van der Waals surface area contributed by atoms with Crippen molar-refractivity contribution >= 4 is 23.5 Å². The van der Waals surface area contributed by atoms with Crippen molar-refractivity contribution in [1.82, 2.24) is 0 Å². The number of cyclic esters (lactones) is 2.